The minimum absolute atomic E-state index is 0.0199. The Hall–Kier alpha value is -2.30. The van der Waals surface area contributed by atoms with E-state index in [0.717, 1.165) is 50.1 Å². The number of nitrogens with zero attached hydrogens (tertiary/aromatic N) is 2. The first-order valence-electron chi connectivity index (χ1n) is 10.1. The first-order chi connectivity index (χ1) is 13.2. The van der Waals surface area contributed by atoms with Crippen molar-refractivity contribution in [2.45, 2.75) is 38.5 Å². The molecule has 0 N–H and O–H groups in total. The highest BCUT2D eigenvalue weighted by Crippen LogP contribution is 2.22. The zero-order chi connectivity index (χ0) is 19.1. The largest absolute Gasteiger partial charge is 0.497 e. The molecule has 1 aromatic carbocycles. The lowest BCUT2D eigenvalue weighted by molar-refractivity contribution is -0.139. The molecule has 0 radical (unpaired) electrons. The second-order valence-electron chi connectivity index (χ2n) is 7.45. The van der Waals surface area contributed by atoms with Crippen LogP contribution < -0.4 is 4.74 Å². The lowest BCUT2D eigenvalue weighted by Crippen LogP contribution is -2.44. The predicted octanol–water partition coefficient (Wildman–Crippen LogP) is 3.35. The molecule has 0 unspecified atom stereocenters. The minimum Gasteiger partial charge on any atom is -0.497 e. The number of piperidine rings is 1. The summed E-state index contributed by atoms with van der Waals surface area (Å²) in [6.45, 7) is 3.14. The maximum absolute atomic E-state index is 12.7. The van der Waals surface area contributed by atoms with Crippen LogP contribution in [0.25, 0.3) is 6.08 Å². The zero-order valence-electron chi connectivity index (χ0n) is 16.2. The van der Waals surface area contributed by atoms with Gasteiger partial charge in [-0.15, -0.1) is 0 Å². The van der Waals surface area contributed by atoms with Crippen molar-refractivity contribution in [2.24, 2.45) is 5.92 Å². The summed E-state index contributed by atoms with van der Waals surface area (Å²) in [5, 5.41) is 0. The van der Waals surface area contributed by atoms with Crippen LogP contribution in [0.3, 0.4) is 0 Å². The summed E-state index contributed by atoms with van der Waals surface area (Å²) >= 11 is 0. The van der Waals surface area contributed by atoms with Crippen LogP contribution in [-0.2, 0) is 9.59 Å². The van der Waals surface area contributed by atoms with Crippen molar-refractivity contribution >= 4 is 17.9 Å². The summed E-state index contributed by atoms with van der Waals surface area (Å²) in [5.41, 5.74) is 0.968. The van der Waals surface area contributed by atoms with Crippen molar-refractivity contribution in [1.82, 2.24) is 9.80 Å². The highest BCUT2D eigenvalue weighted by molar-refractivity contribution is 5.92. The van der Waals surface area contributed by atoms with Gasteiger partial charge in [-0.3, -0.25) is 9.59 Å². The number of rotatable bonds is 4. The summed E-state index contributed by atoms with van der Waals surface area (Å²) in [6.07, 6.45) is 9.72. The monoisotopic (exact) mass is 370 g/mol. The second kappa shape index (κ2) is 9.58. The van der Waals surface area contributed by atoms with Gasteiger partial charge in [0.2, 0.25) is 11.8 Å². The smallest absolute Gasteiger partial charge is 0.246 e. The standard InChI is InChI=1S/C22H30N2O3/c1-27-20-9-6-18(7-10-20)8-11-21(25)23-16-12-19(13-17-23)22(26)24-14-4-2-3-5-15-24/h6-11,19H,2-5,12-17H2,1H3/b11-8+. The third kappa shape index (κ3) is 5.34. The van der Waals surface area contributed by atoms with E-state index in [0.29, 0.717) is 19.0 Å². The van der Waals surface area contributed by atoms with E-state index in [-0.39, 0.29) is 11.8 Å². The van der Waals surface area contributed by atoms with Crippen LogP contribution in [0.4, 0.5) is 0 Å². The first kappa shape index (κ1) is 19.5. The summed E-state index contributed by atoms with van der Waals surface area (Å²) in [4.78, 5) is 29.1. The second-order valence-corrected chi connectivity index (χ2v) is 7.45. The van der Waals surface area contributed by atoms with Gasteiger partial charge in [-0.05, 0) is 49.5 Å². The molecular formula is C22H30N2O3. The highest BCUT2D eigenvalue weighted by atomic mass is 16.5. The van der Waals surface area contributed by atoms with Gasteiger partial charge in [0.15, 0.2) is 0 Å². The summed E-state index contributed by atoms with van der Waals surface area (Å²) in [5.74, 6) is 1.21. The maximum Gasteiger partial charge on any atom is 0.246 e. The Kier molecular flexibility index (Phi) is 6.91. The number of carbonyl (C=O) groups is 2. The molecule has 0 bridgehead atoms. The Bertz CT molecular complexity index is 653. The quantitative estimate of drug-likeness (QED) is 0.764. The van der Waals surface area contributed by atoms with E-state index in [1.807, 2.05) is 35.2 Å². The molecule has 2 amide bonds. The molecule has 27 heavy (non-hydrogen) atoms. The summed E-state index contributed by atoms with van der Waals surface area (Å²) < 4.78 is 5.14. The zero-order valence-corrected chi connectivity index (χ0v) is 16.2. The number of ether oxygens (including phenoxy) is 1. The molecule has 2 heterocycles. The molecule has 5 heteroatoms. The van der Waals surface area contributed by atoms with Crippen molar-refractivity contribution < 1.29 is 14.3 Å². The number of carbonyl (C=O) groups excluding carboxylic acids is 2. The molecule has 0 aromatic heterocycles. The van der Waals surface area contributed by atoms with Crippen LogP contribution in [0.15, 0.2) is 30.3 Å². The van der Waals surface area contributed by atoms with Crippen LogP contribution in [0.1, 0.15) is 44.1 Å². The molecule has 2 saturated heterocycles. The van der Waals surface area contributed by atoms with E-state index in [9.17, 15) is 9.59 Å². The highest BCUT2D eigenvalue weighted by Gasteiger charge is 2.29. The summed E-state index contributed by atoms with van der Waals surface area (Å²) in [6, 6.07) is 7.61. The maximum atomic E-state index is 12.7. The Morgan fingerprint density at radius 2 is 1.56 bits per heavy atom. The fourth-order valence-electron chi connectivity index (χ4n) is 3.88. The molecule has 146 valence electrons. The van der Waals surface area contributed by atoms with Crippen LogP contribution in [0, 0.1) is 5.92 Å². The SMILES string of the molecule is COc1ccc(/C=C/C(=O)N2CCC(C(=O)N3CCCCCC3)CC2)cc1. The Labute approximate surface area is 162 Å². The Balaban J connectivity index is 1.48. The molecule has 2 fully saturated rings. The van der Waals surface area contributed by atoms with E-state index in [1.54, 1.807) is 13.2 Å². The third-order valence-electron chi connectivity index (χ3n) is 5.61. The van der Waals surface area contributed by atoms with Gasteiger partial charge in [0.25, 0.3) is 0 Å². The van der Waals surface area contributed by atoms with Gasteiger partial charge in [-0.1, -0.05) is 25.0 Å². The molecule has 0 spiro atoms. The topological polar surface area (TPSA) is 49.9 Å². The van der Waals surface area contributed by atoms with E-state index < -0.39 is 0 Å². The number of methoxy groups -OCH3 is 1. The average molecular weight is 370 g/mol. The van der Waals surface area contributed by atoms with Gasteiger partial charge in [-0.2, -0.15) is 0 Å². The van der Waals surface area contributed by atoms with Gasteiger partial charge in [0.05, 0.1) is 7.11 Å². The Morgan fingerprint density at radius 3 is 2.15 bits per heavy atom. The molecule has 0 saturated carbocycles. The number of benzene rings is 1. The number of amides is 2. The van der Waals surface area contributed by atoms with E-state index in [2.05, 4.69) is 4.90 Å². The normalized spacial score (nSPS) is 19.1. The van der Waals surface area contributed by atoms with Crippen LogP contribution in [-0.4, -0.2) is 54.9 Å². The summed E-state index contributed by atoms with van der Waals surface area (Å²) in [7, 11) is 1.63. The van der Waals surface area contributed by atoms with E-state index in [4.69, 9.17) is 4.74 Å². The predicted molar refractivity (Wildman–Crippen MR) is 106 cm³/mol. The van der Waals surface area contributed by atoms with Gasteiger partial charge in [-0.25, -0.2) is 0 Å². The van der Waals surface area contributed by atoms with Crippen molar-refractivity contribution in [2.75, 3.05) is 33.3 Å². The molecule has 2 aliphatic rings. The van der Waals surface area contributed by atoms with E-state index >= 15 is 0 Å². The lowest BCUT2D eigenvalue weighted by Gasteiger charge is -2.33. The van der Waals surface area contributed by atoms with E-state index in [1.165, 1.54) is 12.8 Å². The van der Waals surface area contributed by atoms with Crippen molar-refractivity contribution in [3.63, 3.8) is 0 Å². The van der Waals surface area contributed by atoms with Gasteiger partial charge in [0.1, 0.15) is 5.75 Å². The van der Waals surface area contributed by atoms with Gasteiger partial charge >= 0.3 is 0 Å². The fraction of sp³-hybridized carbons (Fsp3) is 0.545. The van der Waals surface area contributed by atoms with Crippen molar-refractivity contribution in [3.05, 3.63) is 35.9 Å². The number of likely N-dealkylation sites (tertiary alicyclic amines) is 2. The van der Waals surface area contributed by atoms with Crippen LogP contribution in [0.5, 0.6) is 5.75 Å². The van der Waals surface area contributed by atoms with Gasteiger partial charge in [0, 0.05) is 38.2 Å². The molecule has 5 nitrogen and oxygen atoms in total. The van der Waals surface area contributed by atoms with Crippen LogP contribution >= 0.6 is 0 Å². The average Bonchev–Trinajstić information content (AvgIpc) is 3.01. The van der Waals surface area contributed by atoms with Gasteiger partial charge < -0.3 is 14.5 Å². The molecular weight excluding hydrogens is 340 g/mol. The molecule has 2 aliphatic heterocycles. The Morgan fingerprint density at radius 1 is 0.926 bits per heavy atom. The minimum atomic E-state index is 0.0199. The first-order valence-corrected chi connectivity index (χ1v) is 10.1. The molecule has 0 atom stereocenters. The van der Waals surface area contributed by atoms with Crippen molar-refractivity contribution in [3.8, 4) is 5.75 Å². The molecule has 3 rings (SSSR count). The lowest BCUT2D eigenvalue weighted by atomic mass is 9.95. The van der Waals surface area contributed by atoms with Crippen LogP contribution in [0.2, 0.25) is 0 Å². The fourth-order valence-corrected chi connectivity index (χ4v) is 3.88. The third-order valence-corrected chi connectivity index (χ3v) is 5.61. The molecule has 1 aromatic rings. The number of hydrogen-bond acceptors (Lipinski definition) is 3. The number of hydrogen-bond donors (Lipinski definition) is 0. The van der Waals surface area contributed by atoms with Crippen molar-refractivity contribution in [1.29, 1.82) is 0 Å². The molecule has 0 aliphatic carbocycles.